The second-order valence-corrected chi connectivity index (χ2v) is 17.0. The summed E-state index contributed by atoms with van der Waals surface area (Å²) in [5.41, 5.74) is 2.05. The molecule has 4 N–H and O–H groups in total. The molecule has 0 bridgehead atoms. The van der Waals surface area contributed by atoms with E-state index in [9.17, 15) is 62.3 Å². The number of anilines is 4. The van der Waals surface area contributed by atoms with Gasteiger partial charge in [-0.1, -0.05) is 92.4 Å². The molecule has 0 aromatic heterocycles. The minimum Gasteiger partial charge on any atom is -0.445 e. The highest BCUT2D eigenvalue weighted by atomic mass is 16.5. The van der Waals surface area contributed by atoms with Gasteiger partial charge in [0.2, 0.25) is 29.4 Å². The van der Waals surface area contributed by atoms with Gasteiger partial charge in [-0.25, -0.2) is 4.79 Å². The first-order valence-electron chi connectivity index (χ1n) is 23.0. The van der Waals surface area contributed by atoms with Crippen LogP contribution in [0, 0.1) is 0 Å². The van der Waals surface area contributed by atoms with Crippen LogP contribution in [0.5, 0.6) is 0 Å². The molecule has 4 aromatic rings. The lowest BCUT2D eigenvalue weighted by atomic mass is 10.1. The van der Waals surface area contributed by atoms with Crippen LogP contribution in [0.3, 0.4) is 0 Å². The van der Waals surface area contributed by atoms with Crippen LogP contribution in [0.15, 0.2) is 109 Å². The van der Waals surface area contributed by atoms with Crippen molar-refractivity contribution in [1.29, 1.82) is 0 Å². The Kier molecular flexibility index (Phi) is 21.5. The zero-order valence-electron chi connectivity index (χ0n) is 40.8. The number of aldehydes is 2. The molecule has 0 aliphatic carbocycles. The fraction of sp³-hybridized carbons (Fsp3) is 0.302. The Bertz CT molecular complexity index is 2810. The summed E-state index contributed by atoms with van der Waals surface area (Å²) in [6.07, 6.45) is -0.397. The monoisotopic (exact) mass is 1030 g/mol. The lowest BCUT2D eigenvalue weighted by molar-refractivity contribution is -0.128. The number of rotatable bonds is 18. The molecule has 22 heteroatoms. The van der Waals surface area contributed by atoms with Crippen molar-refractivity contribution in [2.24, 2.45) is 0 Å². The molecule has 394 valence electrons. The third-order valence-electron chi connectivity index (χ3n) is 11.2. The number of amides is 8. The molecular formula is C53H58N8O14. The normalized spacial score (nSPS) is 15.4. The number of carbonyl (C=O) groups is 13. The van der Waals surface area contributed by atoms with Gasteiger partial charge in [0.1, 0.15) is 55.9 Å². The molecule has 8 amide bonds. The van der Waals surface area contributed by atoms with Gasteiger partial charge < -0.3 is 45.4 Å². The summed E-state index contributed by atoms with van der Waals surface area (Å²) >= 11 is 0. The Morgan fingerprint density at radius 1 is 0.560 bits per heavy atom. The smallest absolute Gasteiger partial charge is 0.408 e. The number of hydrogen-bond acceptors (Lipinski definition) is 14. The number of carbonyl (C=O) groups excluding carboxylic acids is 13. The van der Waals surface area contributed by atoms with Gasteiger partial charge in [-0.05, 0) is 43.7 Å². The second-order valence-electron chi connectivity index (χ2n) is 17.0. The highest BCUT2D eigenvalue weighted by molar-refractivity contribution is 6.43. The molecule has 4 atom stereocenters. The zero-order chi connectivity index (χ0) is 54.1. The summed E-state index contributed by atoms with van der Waals surface area (Å²) in [5.74, 6) is -6.14. The number of hydrogen-bond donors (Lipinski definition) is 4. The zero-order valence-corrected chi connectivity index (χ0v) is 40.8. The van der Waals surface area contributed by atoms with Crippen molar-refractivity contribution < 1.29 is 67.1 Å². The Labute approximate surface area is 432 Å². The maximum absolute atomic E-state index is 13.6. The van der Waals surface area contributed by atoms with E-state index in [1.54, 1.807) is 84.9 Å². The Morgan fingerprint density at radius 3 is 1.35 bits per heavy atom. The van der Waals surface area contributed by atoms with Crippen LogP contribution in [0.4, 0.5) is 27.5 Å². The molecule has 6 rings (SSSR count). The Balaban J connectivity index is 0.000000320. The van der Waals surface area contributed by atoms with Crippen molar-refractivity contribution >= 4 is 100 Å². The van der Waals surface area contributed by atoms with Crippen LogP contribution in [-0.4, -0.2) is 128 Å². The van der Waals surface area contributed by atoms with E-state index in [0.717, 1.165) is 15.4 Å². The summed E-state index contributed by atoms with van der Waals surface area (Å²) in [4.78, 5) is 166. The summed E-state index contributed by atoms with van der Waals surface area (Å²) in [6.45, 7) is 3.60. The number of nitrogens with one attached hydrogen (secondary N) is 4. The lowest BCUT2D eigenvalue weighted by Crippen LogP contribution is -2.55. The van der Waals surface area contributed by atoms with E-state index < -0.39 is 84.6 Å². The molecule has 4 aromatic carbocycles. The molecule has 0 saturated heterocycles. The highest BCUT2D eigenvalue weighted by Crippen LogP contribution is 2.34. The van der Waals surface area contributed by atoms with Gasteiger partial charge in [0.15, 0.2) is 0 Å². The van der Waals surface area contributed by atoms with Crippen molar-refractivity contribution in [3.8, 4) is 0 Å². The third kappa shape index (κ3) is 16.1. The number of benzene rings is 4. The molecule has 2 aliphatic heterocycles. The fourth-order valence-corrected chi connectivity index (χ4v) is 7.84. The molecule has 75 heavy (non-hydrogen) atoms. The van der Waals surface area contributed by atoms with E-state index >= 15 is 0 Å². The van der Waals surface area contributed by atoms with Crippen molar-refractivity contribution in [1.82, 2.24) is 21.3 Å². The lowest BCUT2D eigenvalue weighted by Gasteiger charge is -2.25. The molecule has 0 radical (unpaired) electrons. The molecule has 2 aliphatic rings. The quantitative estimate of drug-likeness (QED) is 0.0633. The van der Waals surface area contributed by atoms with Crippen molar-refractivity contribution in [3.63, 3.8) is 0 Å². The molecule has 2 heterocycles. The van der Waals surface area contributed by atoms with E-state index in [2.05, 4.69) is 21.3 Å². The first-order chi connectivity index (χ1) is 35.3. The number of ketones is 3. The fourth-order valence-electron chi connectivity index (χ4n) is 7.84. The number of ether oxygens (including phenoxy) is 1. The SMILES string of the molecule is C.CC(=O)C[C@@H](C=O)NC(=O)CN1C(=O)[C@@H](NC(=O)C(=O)c2ccccc2)CN(C(C)=O)c2ccccc21.CC(=O)C[C@@H](C=O)NC(=O)CN1C(=O)[C@@H](NC(=O)OCc2ccccc2)CN(C(C)=O)c2ccccc21. The number of para-hydroxylation sites is 4. The molecule has 0 spiro atoms. The van der Waals surface area contributed by atoms with Gasteiger partial charge in [0.25, 0.3) is 17.7 Å². The van der Waals surface area contributed by atoms with Crippen LogP contribution >= 0.6 is 0 Å². The van der Waals surface area contributed by atoms with Crippen LogP contribution in [0.2, 0.25) is 0 Å². The average molecular weight is 1030 g/mol. The Hall–Kier alpha value is -9.21. The minimum absolute atomic E-state index is 0. The number of nitrogens with zero attached hydrogens (tertiary/aromatic N) is 4. The number of Topliss-reactive ketones (excluding diaryl/α,β-unsaturated/α-hetero) is 3. The summed E-state index contributed by atoms with van der Waals surface area (Å²) < 4.78 is 5.24. The van der Waals surface area contributed by atoms with Gasteiger partial charge in [-0.15, -0.1) is 0 Å². The van der Waals surface area contributed by atoms with E-state index in [-0.39, 0.29) is 74.4 Å². The summed E-state index contributed by atoms with van der Waals surface area (Å²) in [5, 5.41) is 9.74. The maximum atomic E-state index is 13.6. The predicted molar refractivity (Wildman–Crippen MR) is 273 cm³/mol. The van der Waals surface area contributed by atoms with Crippen LogP contribution < -0.4 is 40.9 Å². The van der Waals surface area contributed by atoms with Gasteiger partial charge in [-0.2, -0.15) is 0 Å². The predicted octanol–water partition coefficient (Wildman–Crippen LogP) is 2.40. The van der Waals surface area contributed by atoms with Crippen LogP contribution in [0.25, 0.3) is 0 Å². The van der Waals surface area contributed by atoms with Gasteiger partial charge in [0, 0.05) is 32.3 Å². The van der Waals surface area contributed by atoms with Crippen molar-refractivity contribution in [2.45, 2.75) is 78.7 Å². The molecule has 0 unspecified atom stereocenters. The standard InChI is InChI=1S/C26H28N4O7.C26H26N4O7.CH4/c1-17(32)12-20(15-31)27-24(34)14-30-23-11-7-6-10-22(23)29(18(2)33)13-21(25(30)35)28-26(36)37-16-19-8-4-3-5-9-19;1-16(32)12-19(15-31)27-23(34)14-30-22-11-7-6-10-21(22)29(17(2)33)13-20(26(30)37)28-25(36)24(35)18-8-4-3-5-9-18;/h3-11,15,20-21H,12-14,16H2,1-2H3,(H,27,34)(H,28,36);3-11,15,19-20H,12-14H2,1-2H3,(H,27,34)(H,28,36);1H4/t20-,21-;19-,20-;/m00./s1. The molecule has 0 fully saturated rings. The van der Waals surface area contributed by atoms with Crippen molar-refractivity contribution in [2.75, 3.05) is 45.8 Å². The van der Waals surface area contributed by atoms with Crippen molar-refractivity contribution in [3.05, 3.63) is 120 Å². The van der Waals surface area contributed by atoms with Gasteiger partial charge in [0.05, 0.1) is 47.9 Å². The third-order valence-corrected chi connectivity index (χ3v) is 11.2. The van der Waals surface area contributed by atoms with Crippen LogP contribution in [0.1, 0.15) is 63.9 Å². The first-order valence-corrected chi connectivity index (χ1v) is 23.0. The number of alkyl carbamates (subject to hydrolysis) is 1. The van der Waals surface area contributed by atoms with Gasteiger partial charge >= 0.3 is 6.09 Å². The second kappa shape index (κ2) is 27.6. The average Bonchev–Trinajstić information content (AvgIpc) is 3.56. The maximum Gasteiger partial charge on any atom is 0.408 e. The topological polar surface area (TPSA) is 292 Å². The van der Waals surface area contributed by atoms with E-state index in [1.165, 1.54) is 55.7 Å². The first kappa shape index (κ1) is 58.4. The molecule has 0 saturated carbocycles. The van der Waals surface area contributed by atoms with Crippen LogP contribution in [-0.2, 0) is 64.1 Å². The minimum atomic E-state index is -1.36. The number of fused-ring (bicyclic) bond motifs is 2. The van der Waals surface area contributed by atoms with E-state index in [1.807, 2.05) is 6.07 Å². The summed E-state index contributed by atoms with van der Waals surface area (Å²) in [6, 6.07) is 24.9. The Morgan fingerprint density at radius 2 is 0.947 bits per heavy atom. The largest absolute Gasteiger partial charge is 0.445 e. The van der Waals surface area contributed by atoms with Gasteiger partial charge in [-0.3, -0.25) is 57.7 Å². The van der Waals surface area contributed by atoms with E-state index in [0.29, 0.717) is 23.9 Å². The molecular weight excluding hydrogens is 973 g/mol. The molecule has 22 nitrogen and oxygen atoms in total. The van der Waals surface area contributed by atoms with E-state index in [4.69, 9.17) is 4.74 Å². The highest BCUT2D eigenvalue weighted by Gasteiger charge is 2.39. The summed E-state index contributed by atoms with van der Waals surface area (Å²) in [7, 11) is 0.